The molecule has 0 spiro atoms. The van der Waals surface area contributed by atoms with E-state index in [1.54, 1.807) is 0 Å². The topological polar surface area (TPSA) is 133 Å². The van der Waals surface area contributed by atoms with Crippen LogP contribution in [0.2, 0.25) is 0 Å². The second-order valence-electron chi connectivity index (χ2n) is 3.15. The van der Waals surface area contributed by atoms with Crippen molar-refractivity contribution in [2.45, 2.75) is 6.92 Å². The molecule has 0 unspecified atom stereocenters. The van der Waals surface area contributed by atoms with Gasteiger partial charge in [-0.3, -0.25) is 0 Å². The van der Waals surface area contributed by atoms with Crippen molar-refractivity contribution in [3.8, 4) is 5.75 Å². The predicted octanol–water partition coefficient (Wildman–Crippen LogP) is -1.51. The fourth-order valence-corrected chi connectivity index (χ4v) is 2.60. The van der Waals surface area contributed by atoms with Crippen molar-refractivity contribution in [1.29, 1.82) is 0 Å². The molecule has 7 nitrogen and oxygen atoms in total. The standard InChI is InChI=1S/C8H11AsN2O5/c1-4(12)11-7-2-5(9(14,15)16)6(10)3-8(7)13/h2-3,13H,10H2,1H3,(H,11,12)(H2,14,15,16). The number of benzene rings is 1. The second kappa shape index (κ2) is 4.21. The summed E-state index contributed by atoms with van der Waals surface area (Å²) >= 11 is -5.16. The van der Waals surface area contributed by atoms with E-state index in [0.717, 1.165) is 12.1 Å². The molecule has 1 rings (SSSR count). The van der Waals surface area contributed by atoms with Gasteiger partial charge in [0.2, 0.25) is 0 Å². The van der Waals surface area contributed by atoms with E-state index in [1.807, 2.05) is 0 Å². The number of hydrogen-bond donors (Lipinski definition) is 5. The average Bonchev–Trinajstić information content (AvgIpc) is 2.06. The number of phenols is 1. The van der Waals surface area contributed by atoms with Crippen molar-refractivity contribution in [3.05, 3.63) is 12.1 Å². The van der Waals surface area contributed by atoms with E-state index in [-0.39, 0.29) is 21.5 Å². The van der Waals surface area contributed by atoms with Gasteiger partial charge in [0, 0.05) is 0 Å². The number of nitrogens with one attached hydrogen (secondary N) is 1. The summed E-state index contributed by atoms with van der Waals surface area (Å²) < 4.78 is 28.7. The zero-order chi connectivity index (χ0) is 12.5. The van der Waals surface area contributed by atoms with Gasteiger partial charge in [-0.2, -0.15) is 0 Å². The first-order valence-electron chi connectivity index (χ1n) is 4.18. The summed E-state index contributed by atoms with van der Waals surface area (Å²) in [5, 5.41) is 11.6. The van der Waals surface area contributed by atoms with Crippen molar-refractivity contribution >= 4 is 35.8 Å². The molecule has 0 aliphatic carbocycles. The molecule has 0 atom stereocenters. The molecule has 0 saturated carbocycles. The van der Waals surface area contributed by atoms with Crippen LogP contribution in [0.4, 0.5) is 11.4 Å². The van der Waals surface area contributed by atoms with Crippen molar-refractivity contribution in [3.63, 3.8) is 0 Å². The van der Waals surface area contributed by atoms with Crippen LogP contribution in [0.15, 0.2) is 12.1 Å². The van der Waals surface area contributed by atoms with Crippen LogP contribution in [0.1, 0.15) is 6.92 Å². The molecule has 16 heavy (non-hydrogen) atoms. The van der Waals surface area contributed by atoms with Crippen LogP contribution in [-0.2, 0) is 8.53 Å². The molecule has 1 aromatic rings. The number of nitrogen functional groups attached to an aromatic ring is 1. The quantitative estimate of drug-likeness (QED) is 0.255. The van der Waals surface area contributed by atoms with Crippen molar-refractivity contribution in [1.82, 2.24) is 0 Å². The Labute approximate surface area is 93.9 Å². The van der Waals surface area contributed by atoms with E-state index >= 15 is 0 Å². The van der Waals surface area contributed by atoms with Gasteiger partial charge in [-0.25, -0.2) is 0 Å². The summed E-state index contributed by atoms with van der Waals surface area (Å²) in [5.41, 5.74) is 5.07. The molecule has 0 heterocycles. The van der Waals surface area contributed by atoms with Gasteiger partial charge in [0.25, 0.3) is 0 Å². The number of carbonyl (C=O) groups is 1. The molecule has 0 bridgehead atoms. The number of carbonyl (C=O) groups excluding carboxylic acids is 1. The number of nitrogens with two attached hydrogens (primary N) is 1. The molecule has 1 aromatic carbocycles. The molecule has 0 fully saturated rings. The number of phenolic OH excluding ortho intramolecular Hbond substituents is 1. The molecule has 0 radical (unpaired) electrons. The van der Waals surface area contributed by atoms with Gasteiger partial charge in [0.15, 0.2) is 0 Å². The maximum atomic E-state index is 11.1. The van der Waals surface area contributed by atoms with Crippen LogP contribution in [0.3, 0.4) is 0 Å². The normalized spacial score (nSPS) is 11.2. The van der Waals surface area contributed by atoms with Gasteiger partial charge in [0.05, 0.1) is 0 Å². The van der Waals surface area contributed by atoms with Crippen molar-refractivity contribution in [2.24, 2.45) is 0 Å². The fourth-order valence-electron chi connectivity index (χ4n) is 1.14. The molecule has 0 aromatic heterocycles. The molecule has 6 N–H and O–H groups in total. The first-order chi connectivity index (χ1) is 7.21. The summed E-state index contributed by atoms with van der Waals surface area (Å²) in [6.07, 6.45) is 0. The number of aromatic hydroxyl groups is 1. The SMILES string of the molecule is CC(=O)Nc1cc([As](=O)(O)O)c(N)cc1O. The zero-order valence-corrected chi connectivity index (χ0v) is 10.2. The Hall–Kier alpha value is -1.43. The van der Waals surface area contributed by atoms with Gasteiger partial charge < -0.3 is 0 Å². The zero-order valence-electron chi connectivity index (χ0n) is 8.34. The first kappa shape index (κ1) is 12.6. The summed E-state index contributed by atoms with van der Waals surface area (Å²) in [6, 6.07) is 1.97. The summed E-state index contributed by atoms with van der Waals surface area (Å²) in [4.78, 5) is 10.8. The van der Waals surface area contributed by atoms with E-state index in [9.17, 15) is 13.6 Å². The van der Waals surface area contributed by atoms with Crippen LogP contribution in [0, 0.1) is 0 Å². The van der Waals surface area contributed by atoms with Gasteiger partial charge in [-0.05, 0) is 0 Å². The number of rotatable bonds is 2. The van der Waals surface area contributed by atoms with E-state index in [0.29, 0.717) is 0 Å². The molecule has 0 aliphatic rings. The van der Waals surface area contributed by atoms with Gasteiger partial charge in [0.1, 0.15) is 0 Å². The Kier molecular flexibility index (Phi) is 3.32. The fraction of sp³-hybridized carbons (Fsp3) is 0.125. The molecular weight excluding hydrogens is 279 g/mol. The van der Waals surface area contributed by atoms with Crippen LogP contribution >= 0.6 is 0 Å². The number of amides is 1. The second-order valence-corrected chi connectivity index (χ2v) is 6.45. The molecular formula is C8H11AsN2O5. The number of anilines is 2. The summed E-state index contributed by atoms with van der Waals surface area (Å²) in [5.74, 6) is -0.815. The Morgan fingerprint density at radius 2 is 2.00 bits per heavy atom. The predicted molar refractivity (Wildman–Crippen MR) is 57.3 cm³/mol. The van der Waals surface area contributed by atoms with Gasteiger partial charge in [-0.1, -0.05) is 0 Å². The Morgan fingerprint density at radius 1 is 1.44 bits per heavy atom. The Bertz CT molecular complexity index is 482. The van der Waals surface area contributed by atoms with Gasteiger partial charge >= 0.3 is 93.5 Å². The first-order valence-corrected chi connectivity index (χ1v) is 7.56. The van der Waals surface area contributed by atoms with E-state index < -0.39 is 20.1 Å². The van der Waals surface area contributed by atoms with Crippen LogP contribution in [0.5, 0.6) is 5.75 Å². The minimum absolute atomic E-state index is 0.0820. The third-order valence-corrected chi connectivity index (χ3v) is 3.90. The summed E-state index contributed by atoms with van der Waals surface area (Å²) in [7, 11) is 0. The molecule has 0 aliphatic heterocycles. The third-order valence-electron chi connectivity index (χ3n) is 1.77. The monoisotopic (exact) mass is 290 g/mol. The maximum absolute atomic E-state index is 11.1. The number of hydrogen-bond acceptors (Lipinski definition) is 4. The Morgan fingerprint density at radius 3 is 2.44 bits per heavy atom. The van der Waals surface area contributed by atoms with Crippen LogP contribution < -0.4 is 15.4 Å². The van der Waals surface area contributed by atoms with E-state index in [1.165, 1.54) is 6.92 Å². The molecule has 1 amide bonds. The van der Waals surface area contributed by atoms with E-state index in [2.05, 4.69) is 5.32 Å². The molecule has 8 heteroatoms. The van der Waals surface area contributed by atoms with Crippen molar-refractivity contribution in [2.75, 3.05) is 11.1 Å². The molecule has 88 valence electrons. The Balaban J connectivity index is 3.33. The summed E-state index contributed by atoms with van der Waals surface area (Å²) in [6.45, 7) is 1.21. The average molecular weight is 290 g/mol. The van der Waals surface area contributed by atoms with Crippen LogP contribution in [0.25, 0.3) is 0 Å². The minimum atomic E-state index is -5.16. The van der Waals surface area contributed by atoms with Gasteiger partial charge in [-0.15, -0.1) is 0 Å². The van der Waals surface area contributed by atoms with Crippen molar-refractivity contribution < 1.29 is 21.8 Å². The molecule has 0 saturated heterocycles. The van der Waals surface area contributed by atoms with Crippen LogP contribution in [-0.4, -0.2) is 33.4 Å². The van der Waals surface area contributed by atoms with E-state index in [4.69, 9.17) is 13.9 Å². The third kappa shape index (κ3) is 2.79.